The Bertz CT molecular complexity index is 832. The molecule has 0 spiro atoms. The molecule has 3 atom stereocenters. The van der Waals surface area contributed by atoms with Gasteiger partial charge in [-0.3, -0.25) is 9.69 Å². The molecule has 7 nitrogen and oxygen atoms in total. The van der Waals surface area contributed by atoms with E-state index in [1.54, 1.807) is 20.8 Å². The molecule has 12 heteroatoms. The Balaban J connectivity index is 3.62. The molecule has 0 fully saturated rings. The molecule has 1 aromatic carbocycles. The van der Waals surface area contributed by atoms with E-state index in [-0.39, 0.29) is 16.5 Å². The molecule has 0 aliphatic carbocycles. The fourth-order valence-corrected chi connectivity index (χ4v) is 3.43. The zero-order chi connectivity index (χ0) is 25.1. The highest BCUT2D eigenvalue weighted by Gasteiger charge is 2.50. The maximum Gasteiger partial charge on any atom is 0.518 e. The normalized spacial score (nSPS) is 16.1. The minimum Gasteiger partial charge on any atom is -0.414 e. The third-order valence-corrected chi connectivity index (χ3v) is 5.37. The highest BCUT2D eigenvalue weighted by atomic mass is 35.5. The van der Waals surface area contributed by atoms with E-state index in [4.69, 9.17) is 27.9 Å². The van der Waals surface area contributed by atoms with Crippen molar-refractivity contribution in [3.63, 3.8) is 0 Å². The van der Waals surface area contributed by atoms with Crippen molar-refractivity contribution < 1.29 is 42.2 Å². The molecular formula is C20H28Cl2F3N2O5+. The van der Waals surface area contributed by atoms with Crippen LogP contribution >= 0.6 is 23.2 Å². The standard InChI is InChI=1S/C20H28Cl2F3N2O5/c1-19(2,3)32-18(31)27(5,11-26(4)17(30)20(23,24)25)16(9-13(29)10-28)12-6-7-14(21)15(22)8-12/h6-8,13,16,28-29H,9-11H2,1-5H3/q+1/t13?,16-,27?/m0/s1. The number of aliphatic hydroxyl groups excluding tert-OH is 2. The predicted molar refractivity (Wildman–Crippen MR) is 113 cm³/mol. The average molecular weight is 504 g/mol. The van der Waals surface area contributed by atoms with Crippen LogP contribution in [0.2, 0.25) is 10.0 Å². The summed E-state index contributed by atoms with van der Waals surface area (Å²) in [5.41, 5.74) is -0.658. The lowest BCUT2D eigenvalue weighted by atomic mass is 9.97. The maximum absolute atomic E-state index is 13.3. The molecule has 0 heterocycles. The van der Waals surface area contributed by atoms with Crippen LogP contribution in [0.5, 0.6) is 0 Å². The number of alkyl halides is 3. The van der Waals surface area contributed by atoms with E-state index in [1.807, 2.05) is 0 Å². The van der Waals surface area contributed by atoms with Gasteiger partial charge in [-0.1, -0.05) is 29.3 Å². The zero-order valence-electron chi connectivity index (χ0n) is 18.4. The number of ether oxygens (including phenoxy) is 1. The van der Waals surface area contributed by atoms with Crippen LogP contribution < -0.4 is 0 Å². The van der Waals surface area contributed by atoms with Gasteiger partial charge >= 0.3 is 18.2 Å². The zero-order valence-corrected chi connectivity index (χ0v) is 19.9. The lowest BCUT2D eigenvalue weighted by molar-refractivity contribution is -0.880. The van der Waals surface area contributed by atoms with Crippen molar-refractivity contribution >= 4 is 35.2 Å². The Morgan fingerprint density at radius 1 is 1.19 bits per heavy atom. The van der Waals surface area contributed by atoms with Gasteiger partial charge < -0.3 is 14.9 Å². The third-order valence-electron chi connectivity index (χ3n) is 4.63. The minimum atomic E-state index is -5.16. The number of halogens is 5. The first kappa shape index (κ1) is 28.4. The predicted octanol–water partition coefficient (Wildman–Crippen LogP) is 4.14. The van der Waals surface area contributed by atoms with E-state index < -0.39 is 53.7 Å². The summed E-state index contributed by atoms with van der Waals surface area (Å²) in [7, 11) is 2.19. The Labute approximate surface area is 194 Å². The number of rotatable bonds is 7. The van der Waals surface area contributed by atoms with E-state index in [0.29, 0.717) is 10.5 Å². The van der Waals surface area contributed by atoms with Crippen molar-refractivity contribution in [1.82, 2.24) is 4.90 Å². The van der Waals surface area contributed by atoms with Gasteiger partial charge in [0, 0.05) is 19.0 Å². The van der Waals surface area contributed by atoms with E-state index >= 15 is 0 Å². The summed E-state index contributed by atoms with van der Waals surface area (Å²) in [5.74, 6) is -2.15. The lowest BCUT2D eigenvalue weighted by Crippen LogP contribution is -2.60. The summed E-state index contributed by atoms with van der Waals surface area (Å²) in [6.07, 6.45) is -7.67. The van der Waals surface area contributed by atoms with Crippen molar-refractivity contribution in [2.24, 2.45) is 0 Å². The minimum absolute atomic E-state index is 0.114. The highest BCUT2D eigenvalue weighted by Crippen LogP contribution is 2.37. The van der Waals surface area contributed by atoms with E-state index in [1.165, 1.54) is 25.2 Å². The SMILES string of the molecule is CN(C[N+](C)(C(=O)OC(C)(C)C)[C@@H](CC(O)CO)c1ccc(Cl)c(Cl)c1)C(=O)C(F)(F)F. The molecular weight excluding hydrogens is 476 g/mol. The van der Waals surface area contributed by atoms with Gasteiger partial charge in [0.15, 0.2) is 6.67 Å². The Hall–Kier alpha value is -1.59. The van der Waals surface area contributed by atoms with Gasteiger partial charge in [-0.25, -0.2) is 4.48 Å². The van der Waals surface area contributed by atoms with Crippen molar-refractivity contribution in [3.05, 3.63) is 33.8 Å². The summed E-state index contributed by atoms with van der Waals surface area (Å²) in [4.78, 5) is 25.4. The number of quaternary nitrogens is 1. The van der Waals surface area contributed by atoms with Crippen LogP contribution in [0, 0.1) is 0 Å². The average Bonchev–Trinajstić information content (AvgIpc) is 2.65. The molecule has 0 bridgehead atoms. The molecule has 0 saturated carbocycles. The van der Waals surface area contributed by atoms with Gasteiger partial charge in [0.2, 0.25) is 0 Å². The van der Waals surface area contributed by atoms with Gasteiger partial charge in [0.1, 0.15) is 11.6 Å². The topological polar surface area (TPSA) is 87.1 Å². The van der Waals surface area contributed by atoms with Crippen LogP contribution in [0.25, 0.3) is 0 Å². The molecule has 2 amide bonds. The molecule has 182 valence electrons. The molecule has 0 aliphatic rings. The van der Waals surface area contributed by atoms with Crippen molar-refractivity contribution in [3.8, 4) is 0 Å². The van der Waals surface area contributed by atoms with Gasteiger partial charge in [0.25, 0.3) is 0 Å². The number of carbonyl (C=O) groups is 2. The number of aliphatic hydroxyl groups is 2. The van der Waals surface area contributed by atoms with Crippen LogP contribution in [0.4, 0.5) is 18.0 Å². The first-order valence-corrected chi connectivity index (χ1v) is 10.3. The fourth-order valence-electron chi connectivity index (χ4n) is 3.12. The number of benzene rings is 1. The summed E-state index contributed by atoms with van der Waals surface area (Å²) in [5, 5.41) is 19.8. The lowest BCUT2D eigenvalue weighted by Gasteiger charge is -2.42. The molecule has 2 unspecified atom stereocenters. The van der Waals surface area contributed by atoms with Gasteiger partial charge in [0.05, 0.1) is 29.8 Å². The first-order valence-electron chi connectivity index (χ1n) is 9.57. The molecule has 32 heavy (non-hydrogen) atoms. The largest absolute Gasteiger partial charge is 0.518 e. The summed E-state index contributed by atoms with van der Waals surface area (Å²) in [6.45, 7) is 3.34. The van der Waals surface area contributed by atoms with Gasteiger partial charge in [-0.2, -0.15) is 18.0 Å². The van der Waals surface area contributed by atoms with Crippen LogP contribution in [0.15, 0.2) is 18.2 Å². The number of amides is 2. The molecule has 0 aromatic heterocycles. The first-order chi connectivity index (χ1) is 14.4. The van der Waals surface area contributed by atoms with Gasteiger partial charge in [-0.15, -0.1) is 0 Å². The molecule has 1 rings (SSSR count). The van der Waals surface area contributed by atoms with Crippen LogP contribution in [0.3, 0.4) is 0 Å². The monoisotopic (exact) mass is 503 g/mol. The van der Waals surface area contributed by atoms with Crippen LogP contribution in [0.1, 0.15) is 38.8 Å². The van der Waals surface area contributed by atoms with E-state index in [0.717, 1.165) is 7.05 Å². The number of hydrogen-bond acceptors (Lipinski definition) is 5. The second-order valence-electron chi connectivity index (χ2n) is 8.65. The van der Waals surface area contributed by atoms with Gasteiger partial charge in [-0.05, 0) is 32.9 Å². The maximum atomic E-state index is 13.3. The number of nitrogens with zero attached hydrogens (tertiary/aromatic N) is 2. The van der Waals surface area contributed by atoms with Crippen molar-refractivity contribution in [1.29, 1.82) is 0 Å². The Morgan fingerprint density at radius 3 is 2.19 bits per heavy atom. The number of hydrogen-bond donors (Lipinski definition) is 2. The van der Waals surface area contributed by atoms with Crippen molar-refractivity contribution in [2.75, 3.05) is 27.4 Å². The quantitative estimate of drug-likeness (QED) is 0.431. The van der Waals surface area contributed by atoms with E-state index in [2.05, 4.69) is 0 Å². The molecule has 1 aromatic rings. The van der Waals surface area contributed by atoms with E-state index in [9.17, 15) is 33.0 Å². The van der Waals surface area contributed by atoms with Crippen LogP contribution in [-0.2, 0) is 9.53 Å². The fraction of sp³-hybridized carbons (Fsp3) is 0.600. The Kier molecular flexibility index (Phi) is 9.39. The second-order valence-corrected chi connectivity index (χ2v) is 9.47. The number of carbonyl (C=O) groups excluding carboxylic acids is 2. The summed E-state index contributed by atoms with van der Waals surface area (Å²) in [6, 6.07) is 3.28. The molecule has 0 saturated heterocycles. The van der Waals surface area contributed by atoms with Crippen LogP contribution in [-0.4, -0.2) is 76.8 Å². The third kappa shape index (κ3) is 7.48. The second kappa shape index (κ2) is 10.6. The van der Waals surface area contributed by atoms with Crippen molar-refractivity contribution in [2.45, 2.75) is 51.1 Å². The Morgan fingerprint density at radius 2 is 1.75 bits per heavy atom. The molecule has 0 aliphatic heterocycles. The highest BCUT2D eigenvalue weighted by molar-refractivity contribution is 6.42. The molecule has 2 N–H and O–H groups in total. The smallest absolute Gasteiger partial charge is 0.414 e. The summed E-state index contributed by atoms with van der Waals surface area (Å²) < 4.78 is 43.6. The molecule has 0 radical (unpaired) electrons. The summed E-state index contributed by atoms with van der Waals surface area (Å²) >= 11 is 12.1.